The Balaban J connectivity index is 1.41. The van der Waals surface area contributed by atoms with Crippen LogP contribution < -0.4 is 20.1 Å². The number of morpholine rings is 1. The third-order valence-electron chi connectivity index (χ3n) is 5.23. The predicted molar refractivity (Wildman–Crippen MR) is 120 cm³/mol. The molecule has 0 spiro atoms. The number of benzene rings is 2. The Hall–Kier alpha value is -2.82. The van der Waals surface area contributed by atoms with Crippen molar-refractivity contribution in [2.24, 2.45) is 0 Å². The third kappa shape index (κ3) is 5.14. The van der Waals surface area contributed by atoms with Crippen molar-refractivity contribution < 1.29 is 27.4 Å². The number of fused-ring (bicyclic) bond motifs is 1. The predicted octanol–water partition coefficient (Wildman–Crippen LogP) is 2.31. The number of hydrogen-bond donors (Lipinski definition) is 2. The fourth-order valence-corrected chi connectivity index (χ4v) is 4.94. The summed E-state index contributed by atoms with van der Waals surface area (Å²) in [7, 11) is -3.64. The Bertz CT molecular complexity index is 1070. The van der Waals surface area contributed by atoms with Gasteiger partial charge < -0.3 is 24.8 Å². The number of rotatable bonds is 6. The van der Waals surface area contributed by atoms with E-state index in [2.05, 4.69) is 10.6 Å². The molecule has 1 saturated heterocycles. The first-order chi connectivity index (χ1) is 15.4. The molecule has 0 aromatic heterocycles. The average molecular weight is 462 g/mol. The zero-order valence-corrected chi connectivity index (χ0v) is 18.7. The van der Waals surface area contributed by atoms with Gasteiger partial charge in [0.2, 0.25) is 15.9 Å². The fraction of sp³-hybridized carbons (Fsp3) is 0.409. The smallest absolute Gasteiger partial charge is 0.246 e. The largest absolute Gasteiger partial charge is 0.490 e. The monoisotopic (exact) mass is 461 g/mol. The van der Waals surface area contributed by atoms with Crippen LogP contribution in [0.3, 0.4) is 0 Å². The number of ether oxygens (including phenoxy) is 3. The van der Waals surface area contributed by atoms with E-state index in [0.29, 0.717) is 56.7 Å². The Morgan fingerprint density at radius 2 is 1.72 bits per heavy atom. The molecule has 2 N–H and O–H groups in total. The summed E-state index contributed by atoms with van der Waals surface area (Å²) in [5.41, 5.74) is 1.14. The highest BCUT2D eigenvalue weighted by Gasteiger charge is 2.26. The molecule has 32 heavy (non-hydrogen) atoms. The number of carbonyl (C=O) groups excluding carboxylic acids is 1. The molecule has 2 aromatic rings. The van der Waals surface area contributed by atoms with Gasteiger partial charge in [-0.1, -0.05) is 6.07 Å². The van der Waals surface area contributed by atoms with Gasteiger partial charge in [0.25, 0.3) is 0 Å². The number of anilines is 2. The van der Waals surface area contributed by atoms with Crippen molar-refractivity contribution >= 4 is 27.3 Å². The van der Waals surface area contributed by atoms with Crippen molar-refractivity contribution in [3.05, 3.63) is 42.5 Å². The Kier molecular flexibility index (Phi) is 6.83. The van der Waals surface area contributed by atoms with Crippen LogP contribution in [0.5, 0.6) is 11.5 Å². The van der Waals surface area contributed by atoms with Crippen molar-refractivity contribution in [2.45, 2.75) is 24.3 Å². The maximum absolute atomic E-state index is 12.9. The summed E-state index contributed by atoms with van der Waals surface area (Å²) in [5.74, 6) is 1.03. The number of hydrogen-bond acceptors (Lipinski definition) is 7. The van der Waals surface area contributed by atoms with Crippen LogP contribution in [0.1, 0.15) is 13.3 Å². The van der Waals surface area contributed by atoms with Crippen LogP contribution in [0.2, 0.25) is 0 Å². The third-order valence-corrected chi connectivity index (χ3v) is 7.13. The second kappa shape index (κ2) is 9.76. The highest BCUT2D eigenvalue weighted by molar-refractivity contribution is 7.89. The lowest BCUT2D eigenvalue weighted by Crippen LogP contribution is -2.40. The van der Waals surface area contributed by atoms with E-state index in [0.717, 1.165) is 12.1 Å². The first-order valence-corrected chi connectivity index (χ1v) is 12.0. The summed E-state index contributed by atoms with van der Waals surface area (Å²) in [6.07, 6.45) is 0.816. The van der Waals surface area contributed by atoms with Gasteiger partial charge in [-0.3, -0.25) is 4.79 Å². The minimum Gasteiger partial charge on any atom is -0.490 e. The van der Waals surface area contributed by atoms with Crippen LogP contribution >= 0.6 is 0 Å². The zero-order valence-electron chi connectivity index (χ0n) is 17.9. The molecule has 1 unspecified atom stereocenters. The average Bonchev–Trinajstić information content (AvgIpc) is 3.05. The van der Waals surface area contributed by atoms with E-state index in [1.54, 1.807) is 25.1 Å². The van der Waals surface area contributed by atoms with Gasteiger partial charge in [0.05, 0.1) is 31.3 Å². The van der Waals surface area contributed by atoms with Gasteiger partial charge in [-0.15, -0.1) is 0 Å². The van der Waals surface area contributed by atoms with E-state index in [-0.39, 0.29) is 10.8 Å². The number of sulfonamides is 1. The molecule has 172 valence electrons. The van der Waals surface area contributed by atoms with Gasteiger partial charge in [0.1, 0.15) is 6.04 Å². The molecular formula is C22H27N3O6S. The summed E-state index contributed by atoms with van der Waals surface area (Å²) in [5, 5.41) is 5.93. The van der Waals surface area contributed by atoms with Gasteiger partial charge in [0.15, 0.2) is 11.5 Å². The van der Waals surface area contributed by atoms with E-state index in [1.807, 2.05) is 12.1 Å². The minimum absolute atomic E-state index is 0.140. The summed E-state index contributed by atoms with van der Waals surface area (Å²) < 4.78 is 43.7. The van der Waals surface area contributed by atoms with Crippen LogP contribution in [0.25, 0.3) is 0 Å². The molecule has 1 fully saturated rings. The van der Waals surface area contributed by atoms with Gasteiger partial charge in [-0.25, -0.2) is 8.42 Å². The summed E-state index contributed by atoms with van der Waals surface area (Å²) in [4.78, 5) is 12.9. The van der Waals surface area contributed by atoms with Crippen LogP contribution in [0.4, 0.5) is 11.4 Å². The number of nitrogens with zero attached hydrogens (tertiary/aromatic N) is 1. The SMILES string of the molecule is CC(Nc1ccc2c(c1)OCCCO2)C(=O)Nc1cccc(S(=O)(=O)N2CCOCC2)c1. The lowest BCUT2D eigenvalue weighted by atomic mass is 10.2. The van der Waals surface area contributed by atoms with Crippen LogP contribution in [-0.4, -0.2) is 64.2 Å². The maximum Gasteiger partial charge on any atom is 0.246 e. The van der Waals surface area contributed by atoms with Crippen LogP contribution in [0, 0.1) is 0 Å². The molecular weight excluding hydrogens is 434 g/mol. The molecule has 4 rings (SSSR count). The van der Waals surface area contributed by atoms with Gasteiger partial charge in [-0.05, 0) is 37.3 Å². The van der Waals surface area contributed by atoms with Crippen molar-refractivity contribution in [3.63, 3.8) is 0 Å². The van der Waals surface area contributed by atoms with E-state index < -0.39 is 16.1 Å². The Morgan fingerprint density at radius 3 is 2.50 bits per heavy atom. The molecule has 10 heteroatoms. The molecule has 1 amide bonds. The molecule has 2 aromatic carbocycles. The quantitative estimate of drug-likeness (QED) is 0.680. The topological polar surface area (TPSA) is 106 Å². The molecule has 2 heterocycles. The highest BCUT2D eigenvalue weighted by atomic mass is 32.2. The van der Waals surface area contributed by atoms with Crippen molar-refractivity contribution in [1.29, 1.82) is 0 Å². The second-order valence-electron chi connectivity index (χ2n) is 7.61. The van der Waals surface area contributed by atoms with Gasteiger partial charge >= 0.3 is 0 Å². The summed E-state index contributed by atoms with van der Waals surface area (Å²) in [6, 6.07) is 11.2. The highest BCUT2D eigenvalue weighted by Crippen LogP contribution is 2.32. The maximum atomic E-state index is 12.9. The van der Waals surface area contributed by atoms with Crippen LogP contribution in [0.15, 0.2) is 47.4 Å². The lowest BCUT2D eigenvalue weighted by molar-refractivity contribution is -0.116. The molecule has 2 aliphatic rings. The lowest BCUT2D eigenvalue weighted by Gasteiger charge is -2.26. The molecule has 1 atom stereocenters. The van der Waals surface area contributed by atoms with Crippen molar-refractivity contribution in [2.75, 3.05) is 50.2 Å². The van der Waals surface area contributed by atoms with E-state index >= 15 is 0 Å². The van der Waals surface area contributed by atoms with E-state index in [4.69, 9.17) is 14.2 Å². The van der Waals surface area contributed by atoms with Gasteiger partial charge in [0, 0.05) is 37.0 Å². The van der Waals surface area contributed by atoms with E-state index in [9.17, 15) is 13.2 Å². The van der Waals surface area contributed by atoms with Gasteiger partial charge in [-0.2, -0.15) is 4.31 Å². The first kappa shape index (κ1) is 22.4. The molecule has 0 saturated carbocycles. The second-order valence-corrected chi connectivity index (χ2v) is 9.55. The first-order valence-electron chi connectivity index (χ1n) is 10.6. The molecule has 0 bridgehead atoms. The van der Waals surface area contributed by atoms with Crippen molar-refractivity contribution in [1.82, 2.24) is 4.31 Å². The number of carbonyl (C=O) groups is 1. The normalized spacial score (nSPS) is 17.8. The fourth-order valence-electron chi connectivity index (χ4n) is 3.49. The molecule has 2 aliphatic heterocycles. The van der Waals surface area contributed by atoms with Crippen molar-refractivity contribution in [3.8, 4) is 11.5 Å². The van der Waals surface area contributed by atoms with E-state index in [1.165, 1.54) is 16.4 Å². The standard InChI is InChI=1S/C22H27N3O6S/c1-16(23-18-6-7-20-21(15-18)31-11-3-10-30-20)22(26)24-17-4-2-5-19(14-17)32(27,28)25-8-12-29-13-9-25/h2,4-7,14-16,23H,3,8-13H2,1H3,(H,24,26). The Labute approximate surface area is 187 Å². The Morgan fingerprint density at radius 1 is 0.969 bits per heavy atom. The summed E-state index contributed by atoms with van der Waals surface area (Å²) >= 11 is 0. The zero-order chi connectivity index (χ0) is 22.6. The molecule has 0 aliphatic carbocycles. The number of amides is 1. The molecule has 9 nitrogen and oxygen atoms in total. The molecule has 0 radical (unpaired) electrons. The number of nitrogens with one attached hydrogen (secondary N) is 2. The summed E-state index contributed by atoms with van der Waals surface area (Å²) in [6.45, 7) is 4.30. The minimum atomic E-state index is -3.64. The van der Waals surface area contributed by atoms with Crippen LogP contribution in [-0.2, 0) is 19.6 Å².